The van der Waals surface area contributed by atoms with Crippen LogP contribution in [0.2, 0.25) is 0 Å². The minimum absolute atomic E-state index is 0.215. The van der Waals surface area contributed by atoms with E-state index in [-0.39, 0.29) is 11.9 Å². The summed E-state index contributed by atoms with van der Waals surface area (Å²) in [5.74, 6) is 2.18. The zero-order valence-corrected chi connectivity index (χ0v) is 12.5. The molecule has 0 aromatic heterocycles. The summed E-state index contributed by atoms with van der Waals surface area (Å²) < 4.78 is 0. The Morgan fingerprint density at radius 3 is 3.00 bits per heavy atom. The number of thioether (sulfide) groups is 1. The Balaban J connectivity index is 1.96. The maximum Gasteiger partial charge on any atom is 0.237 e. The third-order valence-corrected chi connectivity index (χ3v) is 4.76. The molecule has 0 fully saturated rings. The second-order valence-corrected chi connectivity index (χ2v) is 6.33. The van der Waals surface area contributed by atoms with Crippen molar-refractivity contribution in [2.24, 2.45) is 11.7 Å². The number of carbonyl (C=O) groups is 1. The van der Waals surface area contributed by atoms with Gasteiger partial charge in [0.15, 0.2) is 0 Å². The number of hydrogen-bond acceptors (Lipinski definition) is 3. The van der Waals surface area contributed by atoms with Gasteiger partial charge >= 0.3 is 0 Å². The molecule has 0 spiro atoms. The number of para-hydroxylation sites is 1. The molecule has 4 heteroatoms. The summed E-state index contributed by atoms with van der Waals surface area (Å²) in [5, 5.41) is 0. The van der Waals surface area contributed by atoms with Crippen molar-refractivity contribution in [3.05, 3.63) is 29.8 Å². The Morgan fingerprint density at radius 2 is 2.26 bits per heavy atom. The van der Waals surface area contributed by atoms with Gasteiger partial charge in [0.1, 0.15) is 0 Å². The van der Waals surface area contributed by atoms with Gasteiger partial charge in [0.05, 0.1) is 5.75 Å². The van der Waals surface area contributed by atoms with Crippen molar-refractivity contribution in [3.8, 4) is 0 Å². The van der Waals surface area contributed by atoms with E-state index in [0.717, 1.165) is 17.9 Å². The van der Waals surface area contributed by atoms with E-state index >= 15 is 0 Å². The highest BCUT2D eigenvalue weighted by molar-refractivity contribution is 7.99. The van der Waals surface area contributed by atoms with Gasteiger partial charge in [0.25, 0.3) is 0 Å². The predicted octanol–water partition coefficient (Wildman–Crippen LogP) is 2.29. The van der Waals surface area contributed by atoms with Crippen LogP contribution in [0.4, 0.5) is 5.69 Å². The lowest BCUT2D eigenvalue weighted by atomic mass is 10.1. The molecule has 2 rings (SSSR count). The fraction of sp³-hybridized carbons (Fsp3) is 0.533. The number of anilines is 1. The molecular weight excluding hydrogens is 256 g/mol. The highest BCUT2D eigenvalue weighted by atomic mass is 32.2. The molecule has 1 aliphatic heterocycles. The molecule has 1 aromatic carbocycles. The van der Waals surface area contributed by atoms with E-state index in [1.54, 1.807) is 11.8 Å². The third-order valence-electron chi connectivity index (χ3n) is 3.51. The van der Waals surface area contributed by atoms with E-state index < -0.39 is 0 Å². The topological polar surface area (TPSA) is 46.3 Å². The molecule has 1 aromatic rings. The Labute approximate surface area is 119 Å². The first-order valence-corrected chi connectivity index (χ1v) is 7.96. The van der Waals surface area contributed by atoms with Crippen LogP contribution in [0.15, 0.2) is 24.3 Å². The lowest BCUT2D eigenvalue weighted by molar-refractivity contribution is -0.116. The van der Waals surface area contributed by atoms with Gasteiger partial charge in [-0.2, -0.15) is 11.8 Å². The van der Waals surface area contributed by atoms with Crippen molar-refractivity contribution in [3.63, 3.8) is 0 Å². The van der Waals surface area contributed by atoms with Crippen LogP contribution in [0.3, 0.4) is 0 Å². The predicted molar refractivity (Wildman–Crippen MR) is 82.6 cm³/mol. The fourth-order valence-electron chi connectivity index (χ4n) is 2.43. The van der Waals surface area contributed by atoms with Gasteiger partial charge in [-0.3, -0.25) is 4.79 Å². The van der Waals surface area contributed by atoms with Gasteiger partial charge in [0.2, 0.25) is 5.91 Å². The maximum atomic E-state index is 12.4. The van der Waals surface area contributed by atoms with Crippen LogP contribution in [0.1, 0.15) is 19.4 Å². The van der Waals surface area contributed by atoms with Crippen molar-refractivity contribution < 1.29 is 4.79 Å². The third kappa shape index (κ3) is 3.31. The summed E-state index contributed by atoms with van der Waals surface area (Å²) in [5.41, 5.74) is 7.96. The van der Waals surface area contributed by atoms with Gasteiger partial charge in [-0.15, -0.1) is 0 Å². The highest BCUT2D eigenvalue weighted by Crippen LogP contribution is 2.32. The Kier molecular flexibility index (Phi) is 4.88. The van der Waals surface area contributed by atoms with Gasteiger partial charge in [-0.05, 0) is 43.2 Å². The normalized spacial score (nSPS) is 19.3. The van der Waals surface area contributed by atoms with E-state index in [9.17, 15) is 4.79 Å². The molecule has 2 atom stereocenters. The molecule has 2 unspecified atom stereocenters. The molecule has 19 heavy (non-hydrogen) atoms. The molecule has 1 heterocycles. The quantitative estimate of drug-likeness (QED) is 0.899. The van der Waals surface area contributed by atoms with Gasteiger partial charge in [-0.25, -0.2) is 0 Å². The molecule has 0 saturated heterocycles. The largest absolute Gasteiger partial charge is 0.330 e. The van der Waals surface area contributed by atoms with Crippen molar-refractivity contribution in [2.75, 3.05) is 23.0 Å². The van der Waals surface area contributed by atoms with E-state index in [0.29, 0.717) is 18.2 Å². The van der Waals surface area contributed by atoms with E-state index in [2.05, 4.69) is 19.9 Å². The van der Waals surface area contributed by atoms with Crippen LogP contribution in [-0.2, 0) is 11.2 Å². The smallest absolute Gasteiger partial charge is 0.237 e. The fourth-order valence-corrected chi connectivity index (χ4v) is 3.40. The van der Waals surface area contributed by atoms with Crippen LogP contribution in [0.5, 0.6) is 0 Å². The summed E-state index contributed by atoms with van der Waals surface area (Å²) in [6.07, 6.45) is 0.964. The molecule has 1 aliphatic rings. The van der Waals surface area contributed by atoms with Crippen molar-refractivity contribution in [1.82, 2.24) is 0 Å². The SMILES string of the molecule is CC(CN)CSCC(=O)N1c2ccccc2CC1C. The number of nitrogens with zero attached hydrogens (tertiary/aromatic N) is 1. The van der Waals surface area contributed by atoms with Crippen LogP contribution < -0.4 is 10.6 Å². The standard InChI is InChI=1S/C15H22N2OS/c1-11(8-16)9-19-10-15(18)17-12(2)7-13-5-3-4-6-14(13)17/h3-6,11-12H,7-10,16H2,1-2H3. The number of rotatable bonds is 5. The molecule has 104 valence electrons. The first-order chi connectivity index (χ1) is 9.13. The second kappa shape index (κ2) is 6.44. The van der Waals surface area contributed by atoms with Gasteiger partial charge < -0.3 is 10.6 Å². The number of fused-ring (bicyclic) bond motifs is 1. The Morgan fingerprint density at radius 1 is 1.53 bits per heavy atom. The van der Waals surface area contributed by atoms with Crippen LogP contribution in [-0.4, -0.2) is 30.0 Å². The maximum absolute atomic E-state index is 12.4. The zero-order valence-electron chi connectivity index (χ0n) is 11.6. The number of benzene rings is 1. The van der Waals surface area contributed by atoms with Crippen molar-refractivity contribution in [2.45, 2.75) is 26.3 Å². The minimum atomic E-state index is 0.215. The average molecular weight is 278 g/mol. The molecule has 0 aliphatic carbocycles. The molecule has 2 N–H and O–H groups in total. The minimum Gasteiger partial charge on any atom is -0.330 e. The lowest BCUT2D eigenvalue weighted by Crippen LogP contribution is -2.37. The molecule has 0 saturated carbocycles. The van der Waals surface area contributed by atoms with Crippen LogP contribution >= 0.6 is 11.8 Å². The first-order valence-electron chi connectivity index (χ1n) is 6.81. The molecule has 0 radical (unpaired) electrons. The summed E-state index contributed by atoms with van der Waals surface area (Å²) in [4.78, 5) is 14.3. The second-order valence-electron chi connectivity index (χ2n) is 5.30. The molecule has 1 amide bonds. The average Bonchev–Trinajstić information content (AvgIpc) is 2.74. The monoisotopic (exact) mass is 278 g/mol. The van der Waals surface area contributed by atoms with Crippen molar-refractivity contribution >= 4 is 23.4 Å². The Hall–Kier alpha value is -1.00. The Bertz CT molecular complexity index is 450. The zero-order chi connectivity index (χ0) is 13.8. The summed E-state index contributed by atoms with van der Waals surface area (Å²) in [7, 11) is 0. The summed E-state index contributed by atoms with van der Waals surface area (Å²) >= 11 is 1.69. The van der Waals surface area contributed by atoms with E-state index in [4.69, 9.17) is 5.73 Å². The molecular formula is C15H22N2OS. The highest BCUT2D eigenvalue weighted by Gasteiger charge is 2.30. The van der Waals surface area contributed by atoms with E-state index in [1.165, 1.54) is 5.56 Å². The lowest BCUT2D eigenvalue weighted by Gasteiger charge is -2.22. The van der Waals surface area contributed by atoms with Gasteiger partial charge in [0, 0.05) is 11.7 Å². The summed E-state index contributed by atoms with van der Waals surface area (Å²) in [6.45, 7) is 4.92. The molecule has 0 bridgehead atoms. The van der Waals surface area contributed by atoms with E-state index in [1.807, 2.05) is 23.1 Å². The first kappa shape index (κ1) is 14.4. The number of amides is 1. The van der Waals surface area contributed by atoms with Crippen LogP contribution in [0, 0.1) is 5.92 Å². The van der Waals surface area contributed by atoms with Crippen molar-refractivity contribution in [1.29, 1.82) is 0 Å². The number of carbonyl (C=O) groups excluding carboxylic acids is 1. The number of hydrogen-bond donors (Lipinski definition) is 1. The summed E-state index contributed by atoms with van der Waals surface area (Å²) in [6, 6.07) is 8.47. The van der Waals surface area contributed by atoms with Crippen LogP contribution in [0.25, 0.3) is 0 Å². The number of nitrogens with two attached hydrogens (primary N) is 1. The molecule has 3 nitrogen and oxygen atoms in total. The van der Waals surface area contributed by atoms with Gasteiger partial charge in [-0.1, -0.05) is 25.1 Å².